The summed E-state index contributed by atoms with van der Waals surface area (Å²) >= 11 is 0. The fraction of sp³-hybridized carbons (Fsp3) is 0.800. The molecule has 0 aromatic rings. The molecule has 0 aromatic carbocycles. The highest BCUT2D eigenvalue weighted by Gasteiger charge is 2.51. The second-order valence-electron chi connectivity index (χ2n) is 11.6. The molecule has 1 aliphatic heterocycles. The number of nitrogens with one attached hydrogen (secondary N) is 3. The van der Waals surface area contributed by atoms with Crippen LogP contribution in [0.3, 0.4) is 0 Å². The number of alkyl halides is 2. The summed E-state index contributed by atoms with van der Waals surface area (Å²) in [7, 11) is 1.22. The van der Waals surface area contributed by atoms with E-state index in [1.807, 2.05) is 0 Å². The van der Waals surface area contributed by atoms with Crippen LogP contribution in [0.4, 0.5) is 13.6 Å². The monoisotopic (exact) mass is 530 g/mol. The predicted molar refractivity (Wildman–Crippen MR) is 131 cm³/mol. The van der Waals surface area contributed by atoms with E-state index < -0.39 is 71.9 Å². The van der Waals surface area contributed by atoms with Gasteiger partial charge in [-0.05, 0) is 43.4 Å². The number of likely N-dealkylation sites (N-methyl/N-ethyl adjacent to an activating group) is 1. The van der Waals surface area contributed by atoms with Gasteiger partial charge in [0.2, 0.25) is 23.5 Å². The van der Waals surface area contributed by atoms with Crippen LogP contribution in [0.15, 0.2) is 0 Å². The average Bonchev–Trinajstić information content (AvgIpc) is 3.16. The van der Waals surface area contributed by atoms with Crippen LogP contribution in [0.1, 0.15) is 79.1 Å². The molecule has 1 spiro atoms. The standard InChI is InChI=1S/C25H40F2N4O6/c1-23(2,3)18(30-22(36)37)21(35)31-14-25(10-7-6-8-11-25)13-16(31)19(33)29-15(9-12-24(4,26)27)17(32)20(34)28-5/h15-16,18,30H,6-14H2,1-5H3,(H,28,34)(H,29,33)(H,36,37)/t15-,16-,18+/m0/s1. The Balaban J connectivity index is 2.38. The summed E-state index contributed by atoms with van der Waals surface area (Å²) in [6.45, 7) is 6.05. The fourth-order valence-electron chi connectivity index (χ4n) is 5.34. The van der Waals surface area contributed by atoms with Crippen molar-refractivity contribution in [3.63, 3.8) is 0 Å². The number of rotatable bonds is 9. The van der Waals surface area contributed by atoms with Gasteiger partial charge in [-0.25, -0.2) is 13.6 Å². The molecule has 1 saturated heterocycles. The van der Waals surface area contributed by atoms with E-state index in [-0.39, 0.29) is 12.0 Å². The van der Waals surface area contributed by atoms with Gasteiger partial charge in [0.05, 0.1) is 6.04 Å². The Morgan fingerprint density at radius 3 is 2.11 bits per heavy atom. The molecule has 0 aromatic heterocycles. The largest absolute Gasteiger partial charge is 0.465 e. The minimum absolute atomic E-state index is 0.249. The molecule has 0 radical (unpaired) electrons. The summed E-state index contributed by atoms with van der Waals surface area (Å²) in [6.07, 6.45) is 2.20. The molecular weight excluding hydrogens is 490 g/mol. The van der Waals surface area contributed by atoms with Crippen LogP contribution in [0.2, 0.25) is 0 Å². The molecule has 3 atom stereocenters. The van der Waals surface area contributed by atoms with Crippen LogP contribution >= 0.6 is 0 Å². The lowest BCUT2D eigenvalue weighted by Gasteiger charge is -2.36. The summed E-state index contributed by atoms with van der Waals surface area (Å²) in [5.41, 5.74) is -1.14. The van der Waals surface area contributed by atoms with Crippen molar-refractivity contribution >= 4 is 29.6 Å². The van der Waals surface area contributed by atoms with Gasteiger partial charge in [0, 0.05) is 20.0 Å². The maximum atomic E-state index is 13.7. The topological polar surface area (TPSA) is 145 Å². The number of carbonyl (C=O) groups excluding carboxylic acids is 4. The van der Waals surface area contributed by atoms with Gasteiger partial charge in [-0.1, -0.05) is 40.0 Å². The van der Waals surface area contributed by atoms with E-state index in [4.69, 9.17) is 0 Å². The Labute approximate surface area is 216 Å². The number of ketones is 1. The number of Topliss-reactive ketones (excluding diaryl/α,β-unsaturated/α-hetero) is 1. The Bertz CT molecular complexity index is 893. The van der Waals surface area contributed by atoms with Crippen molar-refractivity contribution in [3.8, 4) is 0 Å². The minimum atomic E-state index is -3.12. The van der Waals surface area contributed by atoms with Crippen LogP contribution in [0.25, 0.3) is 0 Å². The number of nitrogens with zero attached hydrogens (tertiary/aromatic N) is 1. The van der Waals surface area contributed by atoms with E-state index >= 15 is 0 Å². The normalized spacial score (nSPS) is 21.2. The summed E-state index contributed by atoms with van der Waals surface area (Å²) in [5.74, 6) is -6.47. The number of likely N-dealkylation sites (tertiary alicyclic amines) is 1. The molecule has 0 unspecified atom stereocenters. The van der Waals surface area contributed by atoms with Crippen LogP contribution in [0.5, 0.6) is 0 Å². The van der Waals surface area contributed by atoms with Gasteiger partial charge in [-0.15, -0.1) is 0 Å². The van der Waals surface area contributed by atoms with E-state index in [0.717, 1.165) is 32.1 Å². The first-order valence-corrected chi connectivity index (χ1v) is 12.7. The third kappa shape index (κ3) is 8.10. The Morgan fingerprint density at radius 1 is 1.03 bits per heavy atom. The number of carbonyl (C=O) groups is 5. The minimum Gasteiger partial charge on any atom is -0.465 e. The molecule has 1 saturated carbocycles. The highest BCUT2D eigenvalue weighted by atomic mass is 19.3. The molecule has 1 heterocycles. The molecule has 37 heavy (non-hydrogen) atoms. The van der Waals surface area contributed by atoms with Gasteiger partial charge in [-0.3, -0.25) is 19.2 Å². The average molecular weight is 531 g/mol. The lowest BCUT2D eigenvalue weighted by atomic mass is 9.72. The van der Waals surface area contributed by atoms with Crippen LogP contribution in [-0.2, 0) is 19.2 Å². The van der Waals surface area contributed by atoms with Crippen molar-refractivity contribution < 1.29 is 37.9 Å². The van der Waals surface area contributed by atoms with Crippen LogP contribution in [-0.4, -0.2) is 77.2 Å². The van der Waals surface area contributed by atoms with Gasteiger partial charge < -0.3 is 26.0 Å². The van der Waals surface area contributed by atoms with Crippen LogP contribution in [0, 0.1) is 10.8 Å². The summed E-state index contributed by atoms with van der Waals surface area (Å²) < 4.78 is 27.1. The summed E-state index contributed by atoms with van der Waals surface area (Å²) in [4.78, 5) is 64.6. The number of halogens is 2. The quantitative estimate of drug-likeness (QED) is 0.337. The lowest BCUT2D eigenvalue weighted by Crippen LogP contribution is -2.59. The Hall–Kier alpha value is -2.79. The maximum Gasteiger partial charge on any atom is 0.405 e. The molecule has 12 heteroatoms. The van der Waals surface area contributed by atoms with Crippen molar-refractivity contribution in [3.05, 3.63) is 0 Å². The van der Waals surface area contributed by atoms with Crippen molar-refractivity contribution in [2.45, 2.75) is 103 Å². The van der Waals surface area contributed by atoms with Crippen molar-refractivity contribution in [2.24, 2.45) is 10.8 Å². The first kappa shape index (κ1) is 30.4. The van der Waals surface area contributed by atoms with Crippen LogP contribution < -0.4 is 16.0 Å². The maximum absolute atomic E-state index is 13.7. The zero-order chi connectivity index (χ0) is 28.2. The van der Waals surface area contributed by atoms with Crippen molar-refractivity contribution in [1.82, 2.24) is 20.9 Å². The first-order chi connectivity index (χ1) is 17.0. The highest BCUT2D eigenvalue weighted by molar-refractivity contribution is 6.38. The molecule has 1 aliphatic carbocycles. The Kier molecular flexibility index (Phi) is 9.64. The van der Waals surface area contributed by atoms with Crippen molar-refractivity contribution in [1.29, 1.82) is 0 Å². The van der Waals surface area contributed by atoms with E-state index in [1.54, 1.807) is 20.8 Å². The lowest BCUT2D eigenvalue weighted by molar-refractivity contribution is -0.144. The third-order valence-corrected chi connectivity index (χ3v) is 7.34. The third-order valence-electron chi connectivity index (χ3n) is 7.34. The van der Waals surface area contributed by atoms with E-state index in [2.05, 4.69) is 16.0 Å². The molecule has 4 N–H and O–H groups in total. The van der Waals surface area contributed by atoms with E-state index in [1.165, 1.54) is 11.9 Å². The second kappa shape index (κ2) is 11.7. The summed E-state index contributed by atoms with van der Waals surface area (Å²) in [6, 6.07) is -3.66. The van der Waals surface area contributed by atoms with Gasteiger partial charge in [0.15, 0.2) is 0 Å². The Morgan fingerprint density at radius 2 is 1.62 bits per heavy atom. The molecule has 10 nitrogen and oxygen atoms in total. The van der Waals surface area contributed by atoms with Gasteiger partial charge in [0.1, 0.15) is 12.1 Å². The number of carboxylic acid groups (broad SMARTS) is 1. The zero-order valence-corrected chi connectivity index (χ0v) is 22.3. The number of hydrogen-bond donors (Lipinski definition) is 4. The molecule has 210 valence electrons. The smallest absolute Gasteiger partial charge is 0.405 e. The molecule has 0 bridgehead atoms. The second-order valence-corrected chi connectivity index (χ2v) is 11.6. The first-order valence-electron chi connectivity index (χ1n) is 12.7. The van der Waals surface area contributed by atoms with Gasteiger partial charge in [0.25, 0.3) is 5.91 Å². The highest BCUT2D eigenvalue weighted by Crippen LogP contribution is 2.47. The molecule has 2 rings (SSSR count). The predicted octanol–water partition coefficient (Wildman–Crippen LogP) is 2.46. The molecule has 4 amide bonds. The molecule has 2 fully saturated rings. The number of hydrogen-bond acceptors (Lipinski definition) is 5. The van der Waals surface area contributed by atoms with Gasteiger partial charge >= 0.3 is 6.09 Å². The van der Waals surface area contributed by atoms with E-state index in [0.29, 0.717) is 13.3 Å². The number of amides is 4. The molecular formula is C25H40F2N4O6. The summed E-state index contributed by atoms with van der Waals surface area (Å²) in [5, 5.41) is 16.2. The zero-order valence-electron chi connectivity index (χ0n) is 22.3. The van der Waals surface area contributed by atoms with Gasteiger partial charge in [-0.2, -0.15) is 0 Å². The van der Waals surface area contributed by atoms with Crippen molar-refractivity contribution in [2.75, 3.05) is 13.6 Å². The van der Waals surface area contributed by atoms with E-state index in [9.17, 15) is 37.9 Å². The SMILES string of the molecule is CNC(=O)C(=O)[C@H](CCC(C)(F)F)NC(=O)[C@@H]1CC2(CCCCC2)CN1C(=O)[C@@H](NC(=O)O)C(C)(C)C. The fourth-order valence-corrected chi connectivity index (χ4v) is 5.34. The molecule has 2 aliphatic rings.